The molecular formula is C22H28N2O. The van der Waals surface area contributed by atoms with E-state index in [1.807, 2.05) is 0 Å². The molecule has 3 nitrogen and oxygen atoms in total. The predicted molar refractivity (Wildman–Crippen MR) is 102 cm³/mol. The molecule has 2 saturated carbocycles. The Morgan fingerprint density at radius 1 is 1.08 bits per heavy atom. The third kappa shape index (κ3) is 3.87. The Balaban J connectivity index is 1.47. The average Bonchev–Trinajstić information content (AvgIpc) is 3.49. The SMILES string of the molecule is CC(NC(=O)CN(C1CC1)C(C)c1ccc2ccccc2c1)C1CC1. The van der Waals surface area contributed by atoms with Gasteiger partial charge in [-0.05, 0) is 67.9 Å². The van der Waals surface area contributed by atoms with Crippen molar-refractivity contribution in [2.45, 2.75) is 57.7 Å². The number of benzene rings is 2. The molecule has 0 bridgehead atoms. The summed E-state index contributed by atoms with van der Waals surface area (Å²) in [7, 11) is 0. The molecule has 0 spiro atoms. The summed E-state index contributed by atoms with van der Waals surface area (Å²) in [4.78, 5) is 14.9. The van der Waals surface area contributed by atoms with Crippen molar-refractivity contribution in [2.24, 2.45) is 5.92 Å². The number of nitrogens with zero attached hydrogens (tertiary/aromatic N) is 1. The van der Waals surface area contributed by atoms with Crippen molar-refractivity contribution in [3.63, 3.8) is 0 Å². The van der Waals surface area contributed by atoms with Crippen LogP contribution in [-0.4, -0.2) is 29.4 Å². The van der Waals surface area contributed by atoms with Gasteiger partial charge in [-0.15, -0.1) is 0 Å². The van der Waals surface area contributed by atoms with E-state index in [1.54, 1.807) is 0 Å². The second kappa shape index (κ2) is 6.80. The molecule has 2 aliphatic carbocycles. The standard InChI is InChI=1S/C22H28N2O/c1-15(17-7-8-17)23-22(25)14-24(21-11-12-21)16(2)19-10-9-18-5-3-4-6-20(18)13-19/h3-6,9-10,13,15-17,21H,7-8,11-12,14H2,1-2H3,(H,23,25). The van der Waals surface area contributed by atoms with Gasteiger partial charge in [0.1, 0.15) is 0 Å². The first-order chi connectivity index (χ1) is 12.1. The Morgan fingerprint density at radius 2 is 1.80 bits per heavy atom. The highest BCUT2D eigenvalue weighted by Gasteiger charge is 2.35. The van der Waals surface area contributed by atoms with E-state index < -0.39 is 0 Å². The number of hydrogen-bond acceptors (Lipinski definition) is 2. The molecule has 0 aliphatic heterocycles. The molecule has 2 aromatic carbocycles. The van der Waals surface area contributed by atoms with Gasteiger partial charge in [0.05, 0.1) is 6.54 Å². The Hall–Kier alpha value is -1.87. The molecule has 3 heteroatoms. The number of carbonyl (C=O) groups excluding carboxylic acids is 1. The summed E-state index contributed by atoms with van der Waals surface area (Å²) in [5.41, 5.74) is 1.30. The maximum atomic E-state index is 12.5. The normalized spacial score (nSPS) is 19.8. The van der Waals surface area contributed by atoms with Crippen LogP contribution < -0.4 is 5.32 Å². The molecule has 2 unspecified atom stereocenters. The van der Waals surface area contributed by atoms with Crippen LogP contribution in [0.5, 0.6) is 0 Å². The third-order valence-corrected chi connectivity index (χ3v) is 5.81. The van der Waals surface area contributed by atoms with Crippen LogP contribution in [-0.2, 0) is 4.79 Å². The van der Waals surface area contributed by atoms with Crippen LogP contribution in [0.15, 0.2) is 42.5 Å². The molecule has 2 aliphatic rings. The second-order valence-corrected chi connectivity index (χ2v) is 7.88. The van der Waals surface area contributed by atoms with E-state index in [4.69, 9.17) is 0 Å². The van der Waals surface area contributed by atoms with Gasteiger partial charge >= 0.3 is 0 Å². The monoisotopic (exact) mass is 336 g/mol. The van der Waals surface area contributed by atoms with Gasteiger partial charge in [0.25, 0.3) is 0 Å². The van der Waals surface area contributed by atoms with Gasteiger partial charge in [0.2, 0.25) is 5.91 Å². The quantitative estimate of drug-likeness (QED) is 0.818. The van der Waals surface area contributed by atoms with Crippen molar-refractivity contribution in [3.8, 4) is 0 Å². The summed E-state index contributed by atoms with van der Waals surface area (Å²) in [5, 5.41) is 5.75. The summed E-state index contributed by atoms with van der Waals surface area (Å²) in [6, 6.07) is 16.3. The Bertz CT molecular complexity index is 763. The fourth-order valence-electron chi connectivity index (χ4n) is 3.83. The van der Waals surface area contributed by atoms with Crippen molar-refractivity contribution in [1.29, 1.82) is 0 Å². The lowest BCUT2D eigenvalue weighted by atomic mass is 10.0. The number of fused-ring (bicyclic) bond motifs is 1. The van der Waals surface area contributed by atoms with Gasteiger partial charge in [-0.25, -0.2) is 0 Å². The molecular weight excluding hydrogens is 308 g/mol. The van der Waals surface area contributed by atoms with Crippen LogP contribution in [0.25, 0.3) is 10.8 Å². The number of rotatable bonds is 7. The third-order valence-electron chi connectivity index (χ3n) is 5.81. The van der Waals surface area contributed by atoms with Crippen LogP contribution in [0.3, 0.4) is 0 Å². The van der Waals surface area contributed by atoms with E-state index in [9.17, 15) is 4.79 Å². The predicted octanol–water partition coefficient (Wildman–Crippen LogP) is 4.28. The summed E-state index contributed by atoms with van der Waals surface area (Å²) >= 11 is 0. The molecule has 132 valence electrons. The Morgan fingerprint density at radius 3 is 2.48 bits per heavy atom. The first-order valence-corrected chi connectivity index (χ1v) is 9.65. The number of nitrogens with one attached hydrogen (secondary N) is 1. The van der Waals surface area contributed by atoms with Gasteiger partial charge < -0.3 is 5.32 Å². The molecule has 2 fully saturated rings. The zero-order valence-electron chi connectivity index (χ0n) is 15.2. The highest BCUT2D eigenvalue weighted by Crippen LogP contribution is 2.35. The molecule has 25 heavy (non-hydrogen) atoms. The van der Waals surface area contributed by atoms with Crippen molar-refractivity contribution < 1.29 is 4.79 Å². The topological polar surface area (TPSA) is 32.3 Å². The lowest BCUT2D eigenvalue weighted by Crippen LogP contribution is -2.43. The molecule has 0 saturated heterocycles. The largest absolute Gasteiger partial charge is 0.352 e. The molecule has 1 amide bonds. The molecule has 2 aromatic rings. The maximum absolute atomic E-state index is 12.5. The molecule has 2 atom stereocenters. The maximum Gasteiger partial charge on any atom is 0.234 e. The lowest BCUT2D eigenvalue weighted by Gasteiger charge is -2.29. The molecule has 0 aromatic heterocycles. The van der Waals surface area contributed by atoms with E-state index >= 15 is 0 Å². The van der Waals surface area contributed by atoms with Crippen LogP contribution >= 0.6 is 0 Å². The highest BCUT2D eigenvalue weighted by molar-refractivity contribution is 5.83. The minimum atomic E-state index is 0.180. The lowest BCUT2D eigenvalue weighted by molar-refractivity contribution is -0.123. The number of carbonyl (C=O) groups is 1. The van der Waals surface area contributed by atoms with Crippen molar-refractivity contribution in [2.75, 3.05) is 6.54 Å². The molecule has 4 rings (SSSR count). The van der Waals surface area contributed by atoms with Gasteiger partial charge in [-0.1, -0.05) is 36.4 Å². The Labute approximate surface area is 150 Å². The minimum Gasteiger partial charge on any atom is -0.352 e. The van der Waals surface area contributed by atoms with Crippen LogP contribution in [0.1, 0.15) is 51.1 Å². The molecule has 0 heterocycles. The molecule has 0 radical (unpaired) electrons. The first kappa shape index (κ1) is 16.6. The summed E-state index contributed by atoms with van der Waals surface area (Å²) in [6.07, 6.45) is 4.95. The van der Waals surface area contributed by atoms with E-state index in [1.165, 1.54) is 42.0 Å². The zero-order valence-corrected chi connectivity index (χ0v) is 15.2. The van der Waals surface area contributed by atoms with E-state index in [2.05, 4.69) is 66.5 Å². The minimum absolute atomic E-state index is 0.180. The fraction of sp³-hybridized carbons (Fsp3) is 0.500. The van der Waals surface area contributed by atoms with Gasteiger partial charge in [-0.3, -0.25) is 9.69 Å². The zero-order chi connectivity index (χ0) is 17.4. The smallest absolute Gasteiger partial charge is 0.234 e. The second-order valence-electron chi connectivity index (χ2n) is 7.88. The van der Waals surface area contributed by atoms with Crippen molar-refractivity contribution >= 4 is 16.7 Å². The van der Waals surface area contributed by atoms with Gasteiger partial charge in [-0.2, -0.15) is 0 Å². The van der Waals surface area contributed by atoms with Crippen molar-refractivity contribution in [1.82, 2.24) is 10.2 Å². The van der Waals surface area contributed by atoms with Gasteiger partial charge in [0, 0.05) is 18.1 Å². The van der Waals surface area contributed by atoms with E-state index in [0.717, 1.165) is 0 Å². The van der Waals surface area contributed by atoms with Crippen molar-refractivity contribution in [3.05, 3.63) is 48.0 Å². The highest BCUT2D eigenvalue weighted by atomic mass is 16.2. The first-order valence-electron chi connectivity index (χ1n) is 9.65. The summed E-state index contributed by atoms with van der Waals surface area (Å²) < 4.78 is 0. The molecule has 1 N–H and O–H groups in total. The fourth-order valence-corrected chi connectivity index (χ4v) is 3.83. The number of hydrogen-bond donors (Lipinski definition) is 1. The van der Waals surface area contributed by atoms with Gasteiger partial charge in [0.15, 0.2) is 0 Å². The van der Waals surface area contributed by atoms with Crippen LogP contribution in [0, 0.1) is 5.92 Å². The van der Waals surface area contributed by atoms with Crippen LogP contribution in [0.2, 0.25) is 0 Å². The Kier molecular flexibility index (Phi) is 4.51. The summed E-state index contributed by atoms with van der Waals surface area (Å²) in [5.74, 6) is 0.884. The summed E-state index contributed by atoms with van der Waals surface area (Å²) in [6.45, 7) is 4.89. The number of amides is 1. The average molecular weight is 336 g/mol. The van der Waals surface area contributed by atoms with E-state index in [-0.39, 0.29) is 11.9 Å². The van der Waals surface area contributed by atoms with E-state index in [0.29, 0.717) is 24.5 Å². The van der Waals surface area contributed by atoms with Crippen LogP contribution in [0.4, 0.5) is 0 Å².